The first-order chi connectivity index (χ1) is 10.6. The zero-order valence-corrected chi connectivity index (χ0v) is 20.4. The van der Waals surface area contributed by atoms with Crippen LogP contribution in [-0.2, 0) is 20.1 Å². The Hall–Kier alpha value is -0.426. The third-order valence-corrected chi connectivity index (χ3v) is 7.45. The summed E-state index contributed by atoms with van der Waals surface area (Å²) < 4.78 is 12.7. The van der Waals surface area contributed by atoms with E-state index in [2.05, 4.69) is 93.5 Å². The molecule has 24 heavy (non-hydrogen) atoms. The van der Waals surface area contributed by atoms with Crippen molar-refractivity contribution in [2.45, 2.75) is 90.5 Å². The summed E-state index contributed by atoms with van der Waals surface area (Å²) in [6, 6.07) is 8.77. The molecule has 0 radical (unpaired) electrons. The van der Waals surface area contributed by atoms with Crippen molar-refractivity contribution in [3.63, 3.8) is 0 Å². The minimum atomic E-state index is -0.597. The van der Waals surface area contributed by atoms with Crippen LogP contribution in [0.4, 0.5) is 0 Å². The molecule has 0 unspecified atom stereocenters. The van der Waals surface area contributed by atoms with E-state index >= 15 is 0 Å². The second kappa shape index (κ2) is 7.44. The molecule has 0 aliphatic heterocycles. The minimum Gasteiger partial charge on any atom is -0.415 e. The number of hydrogen-bond donors (Lipinski definition) is 0. The van der Waals surface area contributed by atoms with E-state index in [1.54, 1.807) is 0 Å². The van der Waals surface area contributed by atoms with Crippen molar-refractivity contribution in [3.05, 3.63) is 35.4 Å². The number of rotatable bonds is 6. The predicted molar refractivity (Wildman–Crippen MR) is 111 cm³/mol. The molecule has 0 N–H and O–H groups in total. The first-order valence-corrected chi connectivity index (χ1v) is 11.6. The van der Waals surface area contributed by atoms with E-state index in [4.69, 9.17) is 8.85 Å². The zero-order chi connectivity index (χ0) is 18.8. The fourth-order valence-electron chi connectivity index (χ4n) is 2.23. The standard InChI is InChI=1S/C20H38O2Si2/c1-17(2,3)23-21-19(7,8)15-12-11-13-16(14-15)20(9,10)22-24-18(4,5)6/h11-14H,23-24H2,1-10H3. The van der Waals surface area contributed by atoms with Gasteiger partial charge in [0.1, 0.15) is 0 Å². The number of hydrogen-bond acceptors (Lipinski definition) is 2. The van der Waals surface area contributed by atoms with Crippen LogP contribution >= 0.6 is 0 Å². The second-order valence-electron chi connectivity index (χ2n) is 10.3. The van der Waals surface area contributed by atoms with Gasteiger partial charge >= 0.3 is 0 Å². The molecule has 0 aromatic heterocycles. The van der Waals surface area contributed by atoms with E-state index in [9.17, 15) is 0 Å². The van der Waals surface area contributed by atoms with Crippen LogP contribution in [0.15, 0.2) is 24.3 Å². The van der Waals surface area contributed by atoms with Gasteiger partial charge in [-0.3, -0.25) is 0 Å². The average Bonchev–Trinajstić information content (AvgIpc) is 2.42. The zero-order valence-electron chi connectivity index (χ0n) is 17.5. The molecule has 0 heterocycles. The van der Waals surface area contributed by atoms with E-state index in [1.807, 2.05) is 0 Å². The fraction of sp³-hybridized carbons (Fsp3) is 0.700. The second-order valence-corrected chi connectivity index (χ2v) is 15.7. The van der Waals surface area contributed by atoms with Gasteiger partial charge in [0.25, 0.3) is 0 Å². The van der Waals surface area contributed by atoms with Crippen molar-refractivity contribution in [2.75, 3.05) is 0 Å². The highest BCUT2D eigenvalue weighted by Crippen LogP contribution is 2.34. The van der Waals surface area contributed by atoms with Gasteiger partial charge in [-0.2, -0.15) is 0 Å². The van der Waals surface area contributed by atoms with E-state index in [0.717, 1.165) is 0 Å². The van der Waals surface area contributed by atoms with Gasteiger partial charge in [0.15, 0.2) is 19.5 Å². The molecule has 0 fully saturated rings. The SMILES string of the molecule is CC(C)(C)[SiH2]OC(C)(C)c1cccc(C(C)(C)O[SiH2]C(C)(C)C)c1. The lowest BCUT2D eigenvalue weighted by Gasteiger charge is -2.33. The average molecular weight is 367 g/mol. The maximum Gasteiger partial charge on any atom is 0.168 e. The summed E-state index contributed by atoms with van der Waals surface area (Å²) in [6.07, 6.45) is 0. The van der Waals surface area contributed by atoms with Gasteiger partial charge < -0.3 is 8.85 Å². The Morgan fingerprint density at radius 1 is 0.625 bits per heavy atom. The quantitative estimate of drug-likeness (QED) is 0.674. The topological polar surface area (TPSA) is 18.5 Å². The Kier molecular flexibility index (Phi) is 6.70. The molecule has 1 aromatic carbocycles. The van der Waals surface area contributed by atoms with Crippen LogP contribution in [0.5, 0.6) is 0 Å². The molecule has 0 amide bonds. The molecular formula is C20H38O2Si2. The van der Waals surface area contributed by atoms with Gasteiger partial charge in [-0.05, 0) is 48.9 Å². The molecule has 0 aliphatic rings. The smallest absolute Gasteiger partial charge is 0.168 e. The van der Waals surface area contributed by atoms with Crippen molar-refractivity contribution < 1.29 is 8.85 Å². The summed E-state index contributed by atoms with van der Waals surface area (Å²) in [4.78, 5) is 0. The van der Waals surface area contributed by atoms with Crippen LogP contribution < -0.4 is 0 Å². The van der Waals surface area contributed by atoms with Crippen LogP contribution in [0.3, 0.4) is 0 Å². The summed E-state index contributed by atoms with van der Waals surface area (Å²) in [5.74, 6) is 0. The third kappa shape index (κ3) is 7.22. The van der Waals surface area contributed by atoms with Gasteiger partial charge in [-0.15, -0.1) is 0 Å². The normalized spacial score (nSPS) is 15.1. The van der Waals surface area contributed by atoms with Gasteiger partial charge in [0.05, 0.1) is 11.2 Å². The summed E-state index contributed by atoms with van der Waals surface area (Å²) in [5.41, 5.74) is 2.00. The molecule has 0 bridgehead atoms. The highest BCUT2D eigenvalue weighted by Gasteiger charge is 2.28. The van der Waals surface area contributed by atoms with Crippen molar-refractivity contribution in [1.29, 1.82) is 0 Å². The van der Waals surface area contributed by atoms with Gasteiger partial charge in [-0.25, -0.2) is 0 Å². The summed E-state index contributed by atoms with van der Waals surface area (Å²) in [7, 11) is -1.19. The van der Waals surface area contributed by atoms with Crippen LogP contribution in [-0.4, -0.2) is 19.5 Å². The largest absolute Gasteiger partial charge is 0.415 e. The third-order valence-electron chi connectivity index (χ3n) is 3.99. The van der Waals surface area contributed by atoms with Gasteiger partial charge in [-0.1, -0.05) is 65.8 Å². The molecule has 4 heteroatoms. The Balaban J connectivity index is 2.96. The number of benzene rings is 1. The van der Waals surface area contributed by atoms with Crippen molar-refractivity contribution >= 4 is 19.5 Å². The fourth-order valence-corrected chi connectivity index (χ4v) is 4.15. The predicted octanol–water partition coefficient (Wildman–Crippen LogP) is 4.79. The maximum atomic E-state index is 6.37. The van der Waals surface area contributed by atoms with Gasteiger partial charge in [0, 0.05) is 0 Å². The lowest BCUT2D eigenvalue weighted by atomic mass is 9.91. The monoisotopic (exact) mass is 366 g/mol. The first-order valence-electron chi connectivity index (χ1n) is 9.01. The summed E-state index contributed by atoms with van der Waals surface area (Å²) in [6.45, 7) is 22.3. The molecule has 138 valence electrons. The molecule has 0 saturated heterocycles. The van der Waals surface area contributed by atoms with Crippen LogP contribution in [0, 0.1) is 0 Å². The highest BCUT2D eigenvalue weighted by molar-refractivity contribution is 6.32. The van der Waals surface area contributed by atoms with Crippen molar-refractivity contribution in [1.82, 2.24) is 0 Å². The molecule has 0 saturated carbocycles. The van der Waals surface area contributed by atoms with Crippen LogP contribution in [0.2, 0.25) is 10.1 Å². The Morgan fingerprint density at radius 2 is 0.958 bits per heavy atom. The first kappa shape index (κ1) is 21.6. The van der Waals surface area contributed by atoms with E-state index in [0.29, 0.717) is 10.1 Å². The molecule has 0 aliphatic carbocycles. The maximum absolute atomic E-state index is 6.37. The van der Waals surface area contributed by atoms with Crippen LogP contribution in [0.1, 0.15) is 80.4 Å². The summed E-state index contributed by atoms with van der Waals surface area (Å²) >= 11 is 0. The van der Waals surface area contributed by atoms with Crippen LogP contribution in [0.25, 0.3) is 0 Å². The Labute approximate surface area is 154 Å². The van der Waals surface area contributed by atoms with E-state index in [-0.39, 0.29) is 11.2 Å². The molecular weight excluding hydrogens is 328 g/mol. The molecule has 0 atom stereocenters. The minimum absolute atomic E-state index is 0.243. The Bertz CT molecular complexity index is 492. The van der Waals surface area contributed by atoms with E-state index in [1.165, 1.54) is 11.1 Å². The molecule has 1 rings (SSSR count). The Morgan fingerprint density at radius 3 is 1.25 bits per heavy atom. The van der Waals surface area contributed by atoms with Crippen molar-refractivity contribution in [3.8, 4) is 0 Å². The van der Waals surface area contributed by atoms with E-state index < -0.39 is 19.5 Å². The van der Waals surface area contributed by atoms with Crippen molar-refractivity contribution in [2.24, 2.45) is 0 Å². The van der Waals surface area contributed by atoms with Gasteiger partial charge in [0.2, 0.25) is 0 Å². The highest BCUT2D eigenvalue weighted by atomic mass is 28.2. The lowest BCUT2D eigenvalue weighted by Crippen LogP contribution is -2.30. The lowest BCUT2D eigenvalue weighted by molar-refractivity contribution is 0.102. The molecule has 1 aromatic rings. The molecule has 0 spiro atoms. The molecule has 2 nitrogen and oxygen atoms in total. The summed E-state index contributed by atoms with van der Waals surface area (Å²) in [5, 5.41) is 0.602.